The second-order valence-corrected chi connectivity index (χ2v) is 5.01. The van der Waals surface area contributed by atoms with Gasteiger partial charge in [-0.15, -0.1) is 0 Å². The molecule has 0 heterocycles. The van der Waals surface area contributed by atoms with Crippen LogP contribution in [-0.4, -0.2) is 23.3 Å². The van der Waals surface area contributed by atoms with Crippen molar-refractivity contribution in [3.63, 3.8) is 0 Å². The molecule has 0 aliphatic heterocycles. The molecule has 0 aliphatic rings. The average Bonchev–Trinajstić information content (AvgIpc) is 2.23. The van der Waals surface area contributed by atoms with E-state index in [1.165, 1.54) is 0 Å². The zero-order chi connectivity index (χ0) is 13.1. The topological polar surface area (TPSA) is 61.4 Å². The Bertz CT molecular complexity index is 419. The summed E-state index contributed by atoms with van der Waals surface area (Å²) in [4.78, 5) is 11.7. The molecule has 1 aromatic rings. The number of rotatable bonds is 3. The zero-order valence-electron chi connectivity index (χ0n) is 10.2. The number of aryl methyl sites for hydroxylation is 1. The van der Waals surface area contributed by atoms with Crippen LogP contribution in [-0.2, 0) is 0 Å². The Labute approximate surface area is 106 Å². The van der Waals surface area contributed by atoms with Gasteiger partial charge in [0.15, 0.2) is 0 Å². The predicted octanol–water partition coefficient (Wildman–Crippen LogP) is 2.54. The Hall–Kier alpha value is -1.26. The lowest BCUT2D eigenvalue weighted by Gasteiger charge is -2.23. The Kier molecular flexibility index (Phi) is 4.37. The number of carbonyl (C=O) groups is 1. The van der Waals surface area contributed by atoms with Crippen LogP contribution in [0.4, 0.5) is 10.5 Å². The van der Waals surface area contributed by atoms with Crippen LogP contribution in [0.25, 0.3) is 0 Å². The highest BCUT2D eigenvalue weighted by Gasteiger charge is 2.19. The molecule has 1 aromatic carbocycles. The molecule has 0 bridgehead atoms. The lowest BCUT2D eigenvalue weighted by molar-refractivity contribution is 0.187. The molecule has 0 unspecified atom stereocenters. The van der Waals surface area contributed by atoms with Crippen molar-refractivity contribution in [3.05, 3.63) is 28.8 Å². The smallest absolute Gasteiger partial charge is 0.319 e. The summed E-state index contributed by atoms with van der Waals surface area (Å²) in [6.45, 7) is 5.23. The first-order valence-corrected chi connectivity index (χ1v) is 5.68. The summed E-state index contributed by atoms with van der Waals surface area (Å²) in [5, 5.41) is 14.8. The van der Waals surface area contributed by atoms with Crippen LogP contribution in [0.15, 0.2) is 18.2 Å². The average molecular weight is 257 g/mol. The standard InChI is InChI=1S/C12H17ClN2O2/c1-8-4-5-9(13)10(6-8)14-11(17)15-12(2,3)7-16/h4-6,16H,7H2,1-3H3,(H2,14,15,17). The molecule has 17 heavy (non-hydrogen) atoms. The van der Waals surface area contributed by atoms with E-state index in [0.29, 0.717) is 10.7 Å². The lowest BCUT2D eigenvalue weighted by Crippen LogP contribution is -2.48. The molecule has 4 nitrogen and oxygen atoms in total. The summed E-state index contributed by atoms with van der Waals surface area (Å²) in [7, 11) is 0. The minimum atomic E-state index is -0.666. The van der Waals surface area contributed by atoms with E-state index in [-0.39, 0.29) is 6.61 Å². The van der Waals surface area contributed by atoms with Gasteiger partial charge in [-0.2, -0.15) is 0 Å². The first kappa shape index (κ1) is 13.8. The highest BCUT2D eigenvalue weighted by molar-refractivity contribution is 6.33. The molecule has 0 aliphatic carbocycles. The van der Waals surface area contributed by atoms with E-state index < -0.39 is 11.6 Å². The van der Waals surface area contributed by atoms with Crippen molar-refractivity contribution in [2.75, 3.05) is 11.9 Å². The van der Waals surface area contributed by atoms with Gasteiger partial charge >= 0.3 is 6.03 Å². The number of hydrogen-bond acceptors (Lipinski definition) is 2. The predicted molar refractivity (Wildman–Crippen MR) is 69.5 cm³/mol. The van der Waals surface area contributed by atoms with Gasteiger partial charge in [-0.05, 0) is 38.5 Å². The van der Waals surface area contributed by atoms with Crippen molar-refractivity contribution in [2.24, 2.45) is 0 Å². The van der Waals surface area contributed by atoms with E-state index in [2.05, 4.69) is 10.6 Å². The number of nitrogens with one attached hydrogen (secondary N) is 2. The minimum Gasteiger partial charge on any atom is -0.394 e. The van der Waals surface area contributed by atoms with Crippen LogP contribution < -0.4 is 10.6 Å². The second kappa shape index (κ2) is 5.38. The molecule has 0 saturated carbocycles. The van der Waals surface area contributed by atoms with Gasteiger partial charge in [0, 0.05) is 0 Å². The van der Waals surface area contributed by atoms with Crippen LogP contribution in [0.5, 0.6) is 0 Å². The van der Waals surface area contributed by atoms with Crippen LogP contribution >= 0.6 is 11.6 Å². The molecule has 2 amide bonds. The highest BCUT2D eigenvalue weighted by atomic mass is 35.5. The number of urea groups is 1. The van der Waals surface area contributed by atoms with Gasteiger partial charge in [0.1, 0.15) is 0 Å². The summed E-state index contributed by atoms with van der Waals surface area (Å²) < 4.78 is 0. The van der Waals surface area contributed by atoms with Gasteiger partial charge in [-0.3, -0.25) is 0 Å². The molecule has 1 rings (SSSR count). The third-order valence-corrected chi connectivity index (χ3v) is 2.55. The molecule has 0 radical (unpaired) electrons. The summed E-state index contributed by atoms with van der Waals surface area (Å²) in [6.07, 6.45) is 0. The Morgan fingerprint density at radius 3 is 2.71 bits per heavy atom. The van der Waals surface area contributed by atoms with Gasteiger partial charge in [0.05, 0.1) is 22.9 Å². The highest BCUT2D eigenvalue weighted by Crippen LogP contribution is 2.22. The van der Waals surface area contributed by atoms with Crippen molar-refractivity contribution < 1.29 is 9.90 Å². The largest absolute Gasteiger partial charge is 0.394 e. The third kappa shape index (κ3) is 4.24. The number of aliphatic hydroxyl groups is 1. The molecule has 94 valence electrons. The van der Waals surface area contributed by atoms with Gasteiger partial charge in [0.25, 0.3) is 0 Å². The van der Waals surface area contributed by atoms with Crippen LogP contribution in [0.1, 0.15) is 19.4 Å². The lowest BCUT2D eigenvalue weighted by atomic mass is 10.1. The van der Waals surface area contributed by atoms with Crippen LogP contribution in [0.3, 0.4) is 0 Å². The summed E-state index contributed by atoms with van der Waals surface area (Å²) in [5.74, 6) is 0. The monoisotopic (exact) mass is 256 g/mol. The van der Waals surface area contributed by atoms with Crippen LogP contribution in [0, 0.1) is 6.92 Å². The molecule has 0 aromatic heterocycles. The van der Waals surface area contributed by atoms with E-state index in [0.717, 1.165) is 5.56 Å². The number of aliphatic hydroxyl groups excluding tert-OH is 1. The van der Waals surface area contributed by atoms with Crippen molar-refractivity contribution in [1.29, 1.82) is 0 Å². The summed E-state index contributed by atoms with van der Waals surface area (Å²) in [5.41, 5.74) is 0.893. The van der Waals surface area contributed by atoms with Crippen molar-refractivity contribution in [1.82, 2.24) is 5.32 Å². The summed E-state index contributed by atoms with van der Waals surface area (Å²) in [6, 6.07) is 4.98. The van der Waals surface area contributed by atoms with E-state index in [9.17, 15) is 4.79 Å². The van der Waals surface area contributed by atoms with Crippen molar-refractivity contribution in [2.45, 2.75) is 26.3 Å². The molecule has 3 N–H and O–H groups in total. The van der Waals surface area contributed by atoms with E-state index in [1.807, 2.05) is 13.0 Å². The van der Waals surface area contributed by atoms with Gasteiger partial charge in [0.2, 0.25) is 0 Å². The number of hydrogen-bond donors (Lipinski definition) is 3. The van der Waals surface area contributed by atoms with E-state index >= 15 is 0 Å². The van der Waals surface area contributed by atoms with Crippen molar-refractivity contribution >= 4 is 23.3 Å². The van der Waals surface area contributed by atoms with E-state index in [4.69, 9.17) is 16.7 Å². The molecular weight excluding hydrogens is 240 g/mol. The maximum absolute atomic E-state index is 11.7. The number of amides is 2. The first-order valence-electron chi connectivity index (χ1n) is 5.30. The molecule has 0 spiro atoms. The fourth-order valence-electron chi connectivity index (χ4n) is 1.24. The quantitative estimate of drug-likeness (QED) is 0.778. The zero-order valence-corrected chi connectivity index (χ0v) is 10.9. The van der Waals surface area contributed by atoms with Crippen molar-refractivity contribution in [3.8, 4) is 0 Å². The van der Waals surface area contributed by atoms with E-state index in [1.54, 1.807) is 26.0 Å². The molecule has 0 saturated heterocycles. The number of carbonyl (C=O) groups excluding carboxylic acids is 1. The summed E-state index contributed by atoms with van der Waals surface area (Å²) >= 11 is 5.95. The minimum absolute atomic E-state index is 0.137. The Morgan fingerprint density at radius 2 is 2.12 bits per heavy atom. The van der Waals surface area contributed by atoms with Gasteiger partial charge < -0.3 is 15.7 Å². The normalized spacial score (nSPS) is 11.1. The molecule has 5 heteroatoms. The Balaban J connectivity index is 2.71. The fraction of sp³-hybridized carbons (Fsp3) is 0.417. The maximum Gasteiger partial charge on any atom is 0.319 e. The SMILES string of the molecule is Cc1ccc(Cl)c(NC(=O)NC(C)(C)CO)c1. The number of anilines is 1. The van der Waals surface area contributed by atoms with Gasteiger partial charge in [-0.25, -0.2) is 4.79 Å². The maximum atomic E-state index is 11.7. The van der Waals surface area contributed by atoms with Gasteiger partial charge in [-0.1, -0.05) is 17.7 Å². The Morgan fingerprint density at radius 1 is 1.47 bits per heavy atom. The number of benzene rings is 1. The molecule has 0 fully saturated rings. The first-order chi connectivity index (χ1) is 7.84. The fourth-order valence-corrected chi connectivity index (χ4v) is 1.40. The molecule has 0 atom stereocenters. The van der Waals surface area contributed by atoms with Crippen LogP contribution in [0.2, 0.25) is 5.02 Å². The number of halogens is 1. The molecular formula is C12H17ClN2O2. The third-order valence-electron chi connectivity index (χ3n) is 2.22. The second-order valence-electron chi connectivity index (χ2n) is 4.60.